The highest BCUT2D eigenvalue weighted by atomic mass is 16.3. The fraction of sp³-hybridized carbons (Fsp3) is 0.577. The first kappa shape index (κ1) is 24.0. The summed E-state index contributed by atoms with van der Waals surface area (Å²) in [6.45, 7) is 14.5. The van der Waals surface area contributed by atoms with Crippen LogP contribution >= 0.6 is 0 Å². The van der Waals surface area contributed by atoms with Gasteiger partial charge >= 0.3 is 0 Å². The van der Waals surface area contributed by atoms with Crippen LogP contribution in [0, 0.1) is 5.92 Å². The lowest BCUT2D eigenvalue weighted by Crippen LogP contribution is -2.23. The van der Waals surface area contributed by atoms with Crippen molar-refractivity contribution in [1.82, 2.24) is 4.68 Å². The SMILES string of the molecule is CC1CCc2c(c(O)n(NC(=O)CCc3cc(C(C)(C)C)c(O)c(C(C)(C)C)c3)c2O)C1. The number of rotatable bonds is 4. The number of carbonyl (C=O) groups is 1. The first-order chi connectivity index (χ1) is 14.7. The van der Waals surface area contributed by atoms with E-state index in [1.54, 1.807) is 0 Å². The van der Waals surface area contributed by atoms with Crippen molar-refractivity contribution in [3.63, 3.8) is 0 Å². The third-order valence-corrected chi connectivity index (χ3v) is 6.43. The summed E-state index contributed by atoms with van der Waals surface area (Å²) in [6.07, 6.45) is 3.01. The summed E-state index contributed by atoms with van der Waals surface area (Å²) >= 11 is 0. The van der Waals surface area contributed by atoms with E-state index in [1.165, 1.54) is 0 Å². The van der Waals surface area contributed by atoms with Crippen LogP contribution in [0.3, 0.4) is 0 Å². The summed E-state index contributed by atoms with van der Waals surface area (Å²) in [5, 5.41) is 31.9. The molecule has 0 radical (unpaired) electrons. The van der Waals surface area contributed by atoms with E-state index in [4.69, 9.17) is 0 Å². The number of benzene rings is 1. The third-order valence-electron chi connectivity index (χ3n) is 6.43. The molecule has 6 heteroatoms. The maximum Gasteiger partial charge on any atom is 0.239 e. The molecule has 1 aromatic heterocycles. The Morgan fingerprint density at radius 1 is 1.00 bits per heavy atom. The number of aryl methyl sites for hydroxylation is 1. The summed E-state index contributed by atoms with van der Waals surface area (Å²) in [6, 6.07) is 3.95. The molecule has 32 heavy (non-hydrogen) atoms. The van der Waals surface area contributed by atoms with Gasteiger partial charge in [-0.3, -0.25) is 10.2 Å². The second-order valence-electron chi connectivity index (χ2n) is 11.4. The molecular formula is C26H38N2O4. The fourth-order valence-electron chi connectivity index (χ4n) is 4.48. The number of fused-ring (bicyclic) bond motifs is 1. The third kappa shape index (κ3) is 4.74. The summed E-state index contributed by atoms with van der Waals surface area (Å²) < 4.78 is 1.11. The Kier molecular flexibility index (Phi) is 6.29. The van der Waals surface area contributed by atoms with Crippen LogP contribution in [0.4, 0.5) is 0 Å². The maximum atomic E-state index is 12.7. The molecule has 1 aliphatic rings. The summed E-state index contributed by atoms with van der Waals surface area (Å²) in [5.74, 6) is 0.307. The number of phenolic OH excluding ortho intramolecular Hbond substituents is 1. The molecule has 6 nitrogen and oxygen atoms in total. The quantitative estimate of drug-likeness (QED) is 0.534. The van der Waals surface area contributed by atoms with Crippen molar-refractivity contribution in [2.24, 2.45) is 5.92 Å². The number of nitrogens with one attached hydrogen (secondary N) is 1. The van der Waals surface area contributed by atoms with Crippen LogP contribution in [-0.2, 0) is 34.9 Å². The predicted octanol–water partition coefficient (Wildman–Crippen LogP) is 5.03. The van der Waals surface area contributed by atoms with E-state index in [1.807, 2.05) is 12.1 Å². The molecule has 0 spiro atoms. The molecule has 1 heterocycles. The fourth-order valence-corrected chi connectivity index (χ4v) is 4.48. The zero-order chi connectivity index (χ0) is 24.0. The minimum absolute atomic E-state index is 0.0765. The summed E-state index contributed by atoms with van der Waals surface area (Å²) in [4.78, 5) is 12.7. The number of amides is 1. The monoisotopic (exact) mass is 442 g/mol. The van der Waals surface area contributed by atoms with Crippen molar-refractivity contribution in [3.05, 3.63) is 39.9 Å². The molecule has 1 atom stereocenters. The largest absolute Gasteiger partial charge is 0.507 e. The highest BCUT2D eigenvalue weighted by Gasteiger charge is 2.29. The van der Waals surface area contributed by atoms with Gasteiger partial charge < -0.3 is 15.3 Å². The zero-order valence-electron chi connectivity index (χ0n) is 20.5. The number of hydrogen-bond acceptors (Lipinski definition) is 4. The molecule has 0 aliphatic heterocycles. The van der Waals surface area contributed by atoms with Crippen molar-refractivity contribution in [1.29, 1.82) is 0 Å². The molecule has 176 valence electrons. The number of carbonyl (C=O) groups excluding carboxylic acids is 1. The summed E-state index contributed by atoms with van der Waals surface area (Å²) in [7, 11) is 0. The first-order valence-electron chi connectivity index (χ1n) is 11.5. The Hall–Kier alpha value is -2.63. The van der Waals surface area contributed by atoms with Crippen molar-refractivity contribution in [3.8, 4) is 17.5 Å². The van der Waals surface area contributed by atoms with Gasteiger partial charge in [0.05, 0.1) is 0 Å². The molecule has 1 unspecified atom stereocenters. The van der Waals surface area contributed by atoms with E-state index in [9.17, 15) is 20.1 Å². The molecule has 0 saturated carbocycles. The molecule has 2 aromatic rings. The number of aromatic nitrogens is 1. The van der Waals surface area contributed by atoms with Crippen LogP contribution < -0.4 is 5.43 Å². The lowest BCUT2D eigenvalue weighted by Gasteiger charge is -2.28. The van der Waals surface area contributed by atoms with Crippen molar-refractivity contribution in [2.75, 3.05) is 5.43 Å². The molecule has 0 saturated heterocycles. The molecule has 1 aromatic carbocycles. The highest BCUT2D eigenvalue weighted by molar-refractivity contribution is 5.84. The average Bonchev–Trinajstić information content (AvgIpc) is 2.89. The van der Waals surface area contributed by atoms with Gasteiger partial charge in [-0.15, -0.1) is 0 Å². The minimum Gasteiger partial charge on any atom is -0.507 e. The van der Waals surface area contributed by atoms with Gasteiger partial charge in [0, 0.05) is 17.5 Å². The van der Waals surface area contributed by atoms with Crippen LogP contribution in [0.15, 0.2) is 12.1 Å². The van der Waals surface area contributed by atoms with E-state index >= 15 is 0 Å². The number of phenols is 1. The topological polar surface area (TPSA) is 94.7 Å². The highest BCUT2D eigenvalue weighted by Crippen LogP contribution is 2.41. The Morgan fingerprint density at radius 2 is 1.53 bits per heavy atom. The zero-order valence-corrected chi connectivity index (χ0v) is 20.5. The van der Waals surface area contributed by atoms with Crippen molar-refractivity contribution in [2.45, 2.75) is 91.4 Å². The van der Waals surface area contributed by atoms with Crippen LogP contribution in [0.25, 0.3) is 0 Å². The lowest BCUT2D eigenvalue weighted by atomic mass is 9.78. The van der Waals surface area contributed by atoms with Crippen LogP contribution in [0.1, 0.15) is 89.1 Å². The maximum absolute atomic E-state index is 12.7. The Morgan fingerprint density at radius 3 is 2.06 bits per heavy atom. The number of hydrogen-bond donors (Lipinski definition) is 4. The van der Waals surface area contributed by atoms with Gasteiger partial charge in [-0.2, -0.15) is 4.68 Å². The molecule has 0 fully saturated rings. The van der Waals surface area contributed by atoms with E-state index in [0.29, 0.717) is 30.9 Å². The average molecular weight is 443 g/mol. The number of nitrogens with zero attached hydrogens (tertiary/aromatic N) is 1. The second-order valence-corrected chi connectivity index (χ2v) is 11.4. The molecule has 3 rings (SSSR count). The molecule has 4 N–H and O–H groups in total. The predicted molar refractivity (Wildman–Crippen MR) is 127 cm³/mol. The van der Waals surface area contributed by atoms with Gasteiger partial charge in [-0.05, 0) is 59.1 Å². The first-order valence-corrected chi connectivity index (χ1v) is 11.5. The van der Waals surface area contributed by atoms with Gasteiger partial charge in [0.1, 0.15) is 5.75 Å². The van der Waals surface area contributed by atoms with E-state index in [0.717, 1.165) is 38.9 Å². The normalized spacial score (nSPS) is 16.7. The number of aromatic hydroxyl groups is 3. The molecule has 1 aliphatic carbocycles. The Labute approximate surface area is 191 Å². The standard InChI is InChI=1S/C26H38N2O4/c1-15-8-10-17-18(12-15)24(32)28(23(17)31)27-21(29)11-9-16-13-19(25(2,3)4)22(30)20(14-16)26(5,6)7/h13-15,30-32H,8-12H2,1-7H3,(H,27,29). The van der Waals surface area contributed by atoms with Gasteiger partial charge in [0.25, 0.3) is 0 Å². The molecular weight excluding hydrogens is 404 g/mol. The Bertz CT molecular complexity index is 987. The van der Waals surface area contributed by atoms with E-state index < -0.39 is 0 Å². The second kappa shape index (κ2) is 8.38. The van der Waals surface area contributed by atoms with Gasteiger partial charge in [-0.1, -0.05) is 60.6 Å². The minimum atomic E-state index is -0.293. The van der Waals surface area contributed by atoms with E-state index in [2.05, 4.69) is 53.9 Å². The molecule has 1 amide bonds. The summed E-state index contributed by atoms with van der Waals surface area (Å²) in [5.41, 5.74) is 6.33. The van der Waals surface area contributed by atoms with Crippen LogP contribution in [-0.4, -0.2) is 25.9 Å². The van der Waals surface area contributed by atoms with Crippen LogP contribution in [0.5, 0.6) is 17.5 Å². The van der Waals surface area contributed by atoms with E-state index in [-0.39, 0.29) is 34.9 Å². The van der Waals surface area contributed by atoms with Crippen molar-refractivity contribution >= 4 is 5.91 Å². The van der Waals surface area contributed by atoms with Gasteiger partial charge in [-0.25, -0.2) is 0 Å². The smallest absolute Gasteiger partial charge is 0.239 e. The van der Waals surface area contributed by atoms with Gasteiger partial charge in [0.15, 0.2) is 0 Å². The van der Waals surface area contributed by atoms with Crippen LogP contribution in [0.2, 0.25) is 0 Å². The Balaban J connectivity index is 1.80. The lowest BCUT2D eigenvalue weighted by molar-refractivity contribution is -0.117. The molecule has 0 bridgehead atoms. The van der Waals surface area contributed by atoms with Gasteiger partial charge in [0.2, 0.25) is 17.7 Å². The van der Waals surface area contributed by atoms with Crippen molar-refractivity contribution < 1.29 is 20.1 Å².